The maximum Gasteiger partial charge on any atom is 0.433 e. The highest BCUT2D eigenvalue weighted by atomic mass is 19.4. The summed E-state index contributed by atoms with van der Waals surface area (Å²) in [7, 11) is 0. The lowest BCUT2D eigenvalue weighted by Crippen LogP contribution is -2.12. The monoisotopic (exact) mass is 333 g/mol. The molecular formula is C20H22F3N. The number of halogens is 3. The van der Waals surface area contributed by atoms with Crippen molar-refractivity contribution in [1.29, 1.82) is 0 Å². The molecule has 0 spiro atoms. The maximum atomic E-state index is 12.6. The number of hydrogen-bond acceptors (Lipinski definition) is 1. The van der Waals surface area contributed by atoms with E-state index in [1.807, 2.05) is 12.1 Å². The van der Waals surface area contributed by atoms with Crippen LogP contribution in [0.1, 0.15) is 56.2 Å². The van der Waals surface area contributed by atoms with Gasteiger partial charge >= 0.3 is 6.18 Å². The van der Waals surface area contributed by atoms with Gasteiger partial charge < -0.3 is 0 Å². The molecule has 0 saturated heterocycles. The molecule has 1 aromatic heterocycles. The summed E-state index contributed by atoms with van der Waals surface area (Å²) >= 11 is 0. The van der Waals surface area contributed by atoms with Crippen LogP contribution in [0.2, 0.25) is 0 Å². The van der Waals surface area contributed by atoms with Gasteiger partial charge in [0.15, 0.2) is 0 Å². The zero-order valence-electron chi connectivity index (χ0n) is 13.8. The van der Waals surface area contributed by atoms with Crippen molar-refractivity contribution >= 4 is 0 Å². The van der Waals surface area contributed by atoms with Crippen molar-refractivity contribution in [3.63, 3.8) is 0 Å². The minimum atomic E-state index is -4.39. The molecule has 1 saturated carbocycles. The van der Waals surface area contributed by atoms with Crippen LogP contribution in [0.25, 0.3) is 11.1 Å². The van der Waals surface area contributed by atoms with E-state index in [9.17, 15) is 13.2 Å². The van der Waals surface area contributed by atoms with Crippen molar-refractivity contribution in [2.75, 3.05) is 0 Å². The lowest BCUT2D eigenvalue weighted by Gasteiger charge is -2.28. The van der Waals surface area contributed by atoms with E-state index in [0.29, 0.717) is 11.5 Å². The summed E-state index contributed by atoms with van der Waals surface area (Å²) in [6.07, 6.45) is 3.24. The van der Waals surface area contributed by atoms with E-state index in [0.717, 1.165) is 17.5 Å². The first kappa shape index (κ1) is 17.0. The summed E-state index contributed by atoms with van der Waals surface area (Å²) in [6.45, 7) is 2.26. The first-order valence-electron chi connectivity index (χ1n) is 8.61. The fourth-order valence-corrected chi connectivity index (χ4v) is 3.58. The zero-order valence-corrected chi connectivity index (χ0v) is 13.8. The number of alkyl halides is 3. The number of aromatic nitrogens is 1. The van der Waals surface area contributed by atoms with Gasteiger partial charge in [0.2, 0.25) is 0 Å². The quantitative estimate of drug-likeness (QED) is 0.629. The first-order chi connectivity index (χ1) is 11.5. The highest BCUT2D eigenvalue weighted by molar-refractivity contribution is 5.62. The van der Waals surface area contributed by atoms with Crippen molar-refractivity contribution in [1.82, 2.24) is 4.98 Å². The molecule has 1 aliphatic carbocycles. The predicted molar refractivity (Wildman–Crippen MR) is 89.7 cm³/mol. The van der Waals surface area contributed by atoms with Crippen LogP contribution in [0.15, 0.2) is 42.6 Å². The molecule has 3 rings (SSSR count). The van der Waals surface area contributed by atoms with Crippen LogP contribution in [0.5, 0.6) is 0 Å². The van der Waals surface area contributed by atoms with Gasteiger partial charge in [0.05, 0.1) is 0 Å². The minimum absolute atomic E-state index is 0.618. The average molecular weight is 333 g/mol. The van der Waals surface area contributed by atoms with E-state index >= 15 is 0 Å². The molecule has 1 nitrogen and oxygen atoms in total. The Hall–Kier alpha value is -1.84. The third-order valence-corrected chi connectivity index (χ3v) is 5.19. The van der Waals surface area contributed by atoms with Crippen LogP contribution >= 0.6 is 0 Å². The molecule has 0 atom stereocenters. The van der Waals surface area contributed by atoms with Crippen LogP contribution in [-0.2, 0) is 6.18 Å². The molecule has 0 amide bonds. The summed E-state index contributed by atoms with van der Waals surface area (Å²) in [6, 6.07) is 10.7. The van der Waals surface area contributed by atoms with Crippen molar-refractivity contribution in [2.45, 2.75) is 51.1 Å². The number of rotatable bonds is 3. The van der Waals surface area contributed by atoms with Gasteiger partial charge in [-0.2, -0.15) is 13.2 Å². The first-order valence-corrected chi connectivity index (χ1v) is 8.61. The van der Waals surface area contributed by atoms with Gasteiger partial charge in [0, 0.05) is 11.8 Å². The number of benzene rings is 1. The van der Waals surface area contributed by atoms with Crippen LogP contribution in [0.3, 0.4) is 0 Å². The highest BCUT2D eigenvalue weighted by Crippen LogP contribution is 2.37. The average Bonchev–Trinajstić information content (AvgIpc) is 2.61. The molecule has 0 aliphatic heterocycles. The largest absolute Gasteiger partial charge is 0.433 e. The fraction of sp³-hybridized carbons (Fsp3) is 0.450. The van der Waals surface area contributed by atoms with Crippen LogP contribution in [0.4, 0.5) is 13.2 Å². The van der Waals surface area contributed by atoms with E-state index in [1.54, 1.807) is 0 Å². The van der Waals surface area contributed by atoms with Gasteiger partial charge in [-0.25, -0.2) is 0 Å². The Bertz CT molecular complexity index is 651. The van der Waals surface area contributed by atoms with Crippen LogP contribution in [-0.4, -0.2) is 4.98 Å². The Morgan fingerprint density at radius 3 is 2.04 bits per heavy atom. The van der Waals surface area contributed by atoms with E-state index in [1.165, 1.54) is 49.9 Å². The topological polar surface area (TPSA) is 12.9 Å². The van der Waals surface area contributed by atoms with Crippen LogP contribution < -0.4 is 0 Å². The third-order valence-electron chi connectivity index (χ3n) is 5.19. The van der Waals surface area contributed by atoms with Crippen LogP contribution in [0, 0.1) is 5.92 Å². The highest BCUT2D eigenvalue weighted by Gasteiger charge is 2.32. The predicted octanol–water partition coefficient (Wildman–Crippen LogP) is 6.45. The Kier molecular flexibility index (Phi) is 4.93. The molecule has 0 bridgehead atoms. The summed E-state index contributed by atoms with van der Waals surface area (Å²) in [5.41, 5.74) is 2.11. The minimum Gasteiger partial charge on any atom is -0.251 e. The van der Waals surface area contributed by atoms with Gasteiger partial charge in [-0.15, -0.1) is 0 Å². The lowest BCUT2D eigenvalue weighted by molar-refractivity contribution is -0.141. The Morgan fingerprint density at radius 2 is 1.54 bits per heavy atom. The SMILES string of the molecule is CC[C@H]1CC[C@H](c2ccc(-c3ccc(C(F)(F)F)nc3)cc2)CC1. The zero-order chi connectivity index (χ0) is 17.2. The molecular weight excluding hydrogens is 311 g/mol. The van der Waals surface area contributed by atoms with E-state index in [4.69, 9.17) is 0 Å². The smallest absolute Gasteiger partial charge is 0.251 e. The lowest BCUT2D eigenvalue weighted by atomic mass is 9.78. The molecule has 0 unspecified atom stereocenters. The summed E-state index contributed by atoms with van der Waals surface area (Å²) in [5, 5.41) is 0. The fourth-order valence-electron chi connectivity index (χ4n) is 3.58. The number of hydrogen-bond donors (Lipinski definition) is 0. The van der Waals surface area contributed by atoms with Crippen molar-refractivity contribution in [3.05, 3.63) is 53.9 Å². The van der Waals surface area contributed by atoms with Gasteiger partial charge in [0.25, 0.3) is 0 Å². The summed E-state index contributed by atoms with van der Waals surface area (Å²) < 4.78 is 37.7. The third kappa shape index (κ3) is 3.80. The van der Waals surface area contributed by atoms with Gasteiger partial charge in [0.1, 0.15) is 5.69 Å². The van der Waals surface area contributed by atoms with Crippen molar-refractivity contribution in [2.24, 2.45) is 5.92 Å². The number of nitrogens with zero attached hydrogens (tertiary/aromatic N) is 1. The molecule has 1 aromatic carbocycles. The second-order valence-corrected chi connectivity index (χ2v) is 6.68. The van der Waals surface area contributed by atoms with Crippen molar-refractivity contribution < 1.29 is 13.2 Å². The van der Waals surface area contributed by atoms with Gasteiger partial charge in [-0.1, -0.05) is 43.7 Å². The molecule has 0 radical (unpaired) electrons. The molecule has 1 aliphatic rings. The molecule has 128 valence electrons. The second kappa shape index (κ2) is 6.96. The Labute approximate surface area is 140 Å². The molecule has 24 heavy (non-hydrogen) atoms. The molecule has 2 aromatic rings. The molecule has 1 heterocycles. The maximum absolute atomic E-state index is 12.6. The van der Waals surface area contributed by atoms with E-state index < -0.39 is 11.9 Å². The van der Waals surface area contributed by atoms with Gasteiger partial charge in [-0.3, -0.25) is 4.98 Å². The van der Waals surface area contributed by atoms with E-state index in [2.05, 4.69) is 24.0 Å². The van der Waals surface area contributed by atoms with Gasteiger partial charge in [-0.05, 0) is 54.7 Å². The summed E-state index contributed by atoms with van der Waals surface area (Å²) in [5.74, 6) is 1.49. The molecule has 0 N–H and O–H groups in total. The Balaban J connectivity index is 1.70. The Morgan fingerprint density at radius 1 is 0.917 bits per heavy atom. The molecule has 1 fully saturated rings. The molecule has 4 heteroatoms. The van der Waals surface area contributed by atoms with Crippen molar-refractivity contribution in [3.8, 4) is 11.1 Å². The number of pyridine rings is 1. The normalized spacial score (nSPS) is 21.7. The standard InChI is InChI=1S/C20H22F3N/c1-2-14-3-5-15(6-4-14)16-7-9-17(10-8-16)18-11-12-19(24-13-18)20(21,22)23/h7-15H,2-6H2,1H3/t14-,15-. The van der Waals surface area contributed by atoms with E-state index in [-0.39, 0.29) is 0 Å². The second-order valence-electron chi connectivity index (χ2n) is 6.68. The summed E-state index contributed by atoms with van der Waals surface area (Å²) in [4.78, 5) is 3.53.